The Hall–Kier alpha value is -3.87. The maximum Gasteiger partial charge on any atom is 0.257 e. The van der Waals surface area contributed by atoms with Gasteiger partial charge in [0.1, 0.15) is 12.4 Å². The fourth-order valence-electron chi connectivity index (χ4n) is 2.46. The molecule has 0 aliphatic heterocycles. The van der Waals surface area contributed by atoms with Crippen molar-refractivity contribution in [1.82, 2.24) is 19.7 Å². The van der Waals surface area contributed by atoms with Gasteiger partial charge in [0.05, 0.1) is 29.1 Å². The first-order valence-corrected chi connectivity index (χ1v) is 8.26. The van der Waals surface area contributed by atoms with Crippen LogP contribution in [0.25, 0.3) is 0 Å². The van der Waals surface area contributed by atoms with E-state index in [9.17, 15) is 14.0 Å². The molecule has 8 nitrogen and oxygen atoms in total. The number of aromatic nitrogens is 4. The standard InChI is InChI=1S/C18H16F2N8.H2/c19-16(20)11-28-10-15(9-25-28)26-18-24-8-14(6-22)17(27-18)23-7-13-4-2-1-3-12(13)5-21;/h1-4,6,8-10,16,22H,7,11H2,(H2,23,24,26,27);1H. The van der Waals surface area contributed by atoms with Gasteiger partial charge in [0.2, 0.25) is 5.95 Å². The molecular formula is C18H18F2N8. The Balaban J connectivity index is 0.00000300. The number of nitrogens with one attached hydrogen (secondary N) is 3. The summed E-state index contributed by atoms with van der Waals surface area (Å²) in [6.07, 6.45) is 2.90. The quantitative estimate of drug-likeness (QED) is 0.513. The fraction of sp³-hybridized carbons (Fsp3) is 0.167. The summed E-state index contributed by atoms with van der Waals surface area (Å²) in [5.74, 6) is 0.624. The average Bonchev–Trinajstić information content (AvgIpc) is 3.12. The van der Waals surface area contributed by atoms with Crippen molar-refractivity contribution in [3.05, 3.63) is 59.5 Å². The highest BCUT2D eigenvalue weighted by Crippen LogP contribution is 2.18. The minimum absolute atomic E-state index is 0. The molecule has 2 heterocycles. The lowest BCUT2D eigenvalue weighted by Crippen LogP contribution is -2.08. The third-order valence-electron chi connectivity index (χ3n) is 3.77. The predicted molar refractivity (Wildman–Crippen MR) is 102 cm³/mol. The van der Waals surface area contributed by atoms with E-state index in [4.69, 9.17) is 5.41 Å². The van der Waals surface area contributed by atoms with Crippen molar-refractivity contribution in [3.8, 4) is 6.07 Å². The van der Waals surface area contributed by atoms with Gasteiger partial charge in [0, 0.05) is 26.6 Å². The van der Waals surface area contributed by atoms with Crippen LogP contribution in [-0.4, -0.2) is 32.4 Å². The van der Waals surface area contributed by atoms with E-state index >= 15 is 0 Å². The Labute approximate surface area is 160 Å². The zero-order valence-corrected chi connectivity index (χ0v) is 14.6. The molecule has 0 radical (unpaired) electrons. The minimum atomic E-state index is -2.50. The van der Waals surface area contributed by atoms with Gasteiger partial charge in [-0.25, -0.2) is 13.8 Å². The van der Waals surface area contributed by atoms with E-state index < -0.39 is 13.0 Å². The zero-order chi connectivity index (χ0) is 19.9. The highest BCUT2D eigenvalue weighted by Gasteiger charge is 2.10. The molecule has 0 bridgehead atoms. The van der Waals surface area contributed by atoms with Crippen LogP contribution in [-0.2, 0) is 13.1 Å². The number of hydrogen-bond donors (Lipinski definition) is 3. The van der Waals surface area contributed by atoms with E-state index in [0.29, 0.717) is 29.2 Å². The van der Waals surface area contributed by atoms with Crippen LogP contribution in [0.4, 0.5) is 26.2 Å². The van der Waals surface area contributed by atoms with E-state index in [0.717, 1.165) is 16.5 Å². The Morgan fingerprint density at radius 1 is 1.32 bits per heavy atom. The Morgan fingerprint density at radius 3 is 2.89 bits per heavy atom. The molecule has 0 unspecified atom stereocenters. The van der Waals surface area contributed by atoms with Crippen LogP contribution >= 0.6 is 0 Å². The first kappa shape index (κ1) is 18.9. The van der Waals surface area contributed by atoms with Gasteiger partial charge in [-0.2, -0.15) is 15.3 Å². The van der Waals surface area contributed by atoms with E-state index in [1.54, 1.807) is 12.1 Å². The molecule has 144 valence electrons. The van der Waals surface area contributed by atoms with Crippen LogP contribution in [0.2, 0.25) is 0 Å². The molecule has 0 saturated carbocycles. The normalized spacial score (nSPS) is 10.5. The van der Waals surface area contributed by atoms with Gasteiger partial charge in [-0.15, -0.1) is 0 Å². The largest absolute Gasteiger partial charge is 0.365 e. The summed E-state index contributed by atoms with van der Waals surface area (Å²) < 4.78 is 26.0. The first-order valence-electron chi connectivity index (χ1n) is 8.26. The Morgan fingerprint density at radius 2 is 2.14 bits per heavy atom. The second-order valence-electron chi connectivity index (χ2n) is 5.73. The molecule has 0 saturated heterocycles. The topological polar surface area (TPSA) is 115 Å². The SMILES string of the molecule is N#Cc1ccccc1CNc1nc(Nc2cnn(CC(F)F)c2)ncc1C=N.[HH]. The maximum absolute atomic E-state index is 12.4. The maximum atomic E-state index is 12.4. The summed E-state index contributed by atoms with van der Waals surface area (Å²) >= 11 is 0. The van der Waals surface area contributed by atoms with Gasteiger partial charge >= 0.3 is 0 Å². The van der Waals surface area contributed by atoms with Crippen molar-refractivity contribution in [2.24, 2.45) is 0 Å². The van der Waals surface area contributed by atoms with Gasteiger partial charge in [0.25, 0.3) is 6.43 Å². The highest BCUT2D eigenvalue weighted by atomic mass is 19.3. The van der Waals surface area contributed by atoms with E-state index in [1.807, 2.05) is 12.1 Å². The molecular weight excluding hydrogens is 366 g/mol. The van der Waals surface area contributed by atoms with E-state index in [2.05, 4.69) is 31.8 Å². The monoisotopic (exact) mass is 384 g/mol. The molecule has 0 spiro atoms. The summed E-state index contributed by atoms with van der Waals surface area (Å²) in [5, 5.41) is 26.5. The molecule has 2 aromatic heterocycles. The lowest BCUT2D eigenvalue weighted by molar-refractivity contribution is 0.122. The second-order valence-corrected chi connectivity index (χ2v) is 5.73. The summed E-state index contributed by atoms with van der Waals surface area (Å²) in [6, 6.07) is 9.29. The predicted octanol–water partition coefficient (Wildman–Crippen LogP) is 3.41. The van der Waals surface area contributed by atoms with Gasteiger partial charge in [-0.1, -0.05) is 18.2 Å². The third-order valence-corrected chi connectivity index (χ3v) is 3.77. The number of alkyl halides is 2. The molecule has 0 fully saturated rings. The van der Waals surface area contributed by atoms with Crippen LogP contribution in [0.15, 0.2) is 42.9 Å². The number of hydrogen-bond acceptors (Lipinski definition) is 7. The number of anilines is 3. The first-order chi connectivity index (χ1) is 13.6. The molecule has 3 rings (SSSR count). The Kier molecular flexibility index (Phi) is 5.86. The number of nitriles is 1. The average molecular weight is 384 g/mol. The summed E-state index contributed by atoms with van der Waals surface area (Å²) in [7, 11) is 0. The van der Waals surface area contributed by atoms with E-state index in [-0.39, 0.29) is 7.37 Å². The van der Waals surface area contributed by atoms with Crippen molar-refractivity contribution in [2.45, 2.75) is 19.5 Å². The summed E-state index contributed by atoms with van der Waals surface area (Å²) in [5.41, 5.74) is 2.27. The lowest BCUT2D eigenvalue weighted by atomic mass is 10.1. The minimum Gasteiger partial charge on any atom is -0.365 e. The molecule has 0 aliphatic carbocycles. The van der Waals surface area contributed by atoms with Crippen LogP contribution in [0.3, 0.4) is 0 Å². The zero-order valence-electron chi connectivity index (χ0n) is 14.6. The second kappa shape index (κ2) is 8.68. The lowest BCUT2D eigenvalue weighted by Gasteiger charge is -2.11. The van der Waals surface area contributed by atoms with Crippen molar-refractivity contribution in [1.29, 1.82) is 10.7 Å². The van der Waals surface area contributed by atoms with Crippen LogP contribution in [0, 0.1) is 16.7 Å². The van der Waals surface area contributed by atoms with Crippen molar-refractivity contribution >= 4 is 23.7 Å². The van der Waals surface area contributed by atoms with Gasteiger partial charge < -0.3 is 16.0 Å². The Bertz CT molecular complexity index is 1020. The molecule has 10 heteroatoms. The number of rotatable bonds is 8. The van der Waals surface area contributed by atoms with Gasteiger partial charge in [-0.05, 0) is 11.6 Å². The van der Waals surface area contributed by atoms with E-state index in [1.165, 1.54) is 18.6 Å². The molecule has 3 aromatic rings. The molecule has 0 atom stereocenters. The molecule has 0 amide bonds. The smallest absolute Gasteiger partial charge is 0.257 e. The van der Waals surface area contributed by atoms with Crippen LogP contribution in [0.1, 0.15) is 18.1 Å². The number of halogens is 2. The molecule has 28 heavy (non-hydrogen) atoms. The van der Waals surface area contributed by atoms with Crippen molar-refractivity contribution in [3.63, 3.8) is 0 Å². The van der Waals surface area contributed by atoms with Crippen LogP contribution in [0.5, 0.6) is 0 Å². The summed E-state index contributed by atoms with van der Waals surface area (Å²) in [6.45, 7) is -0.159. The van der Waals surface area contributed by atoms with Crippen molar-refractivity contribution < 1.29 is 10.2 Å². The number of nitrogens with zero attached hydrogens (tertiary/aromatic N) is 5. The van der Waals surface area contributed by atoms with Crippen molar-refractivity contribution in [2.75, 3.05) is 10.6 Å². The molecule has 0 aliphatic rings. The highest BCUT2D eigenvalue weighted by molar-refractivity contribution is 5.84. The fourth-order valence-corrected chi connectivity index (χ4v) is 2.46. The molecule has 1 aromatic carbocycles. The van der Waals surface area contributed by atoms with Gasteiger partial charge in [0.15, 0.2) is 0 Å². The van der Waals surface area contributed by atoms with Crippen LogP contribution < -0.4 is 10.6 Å². The molecule has 3 N–H and O–H groups in total. The number of benzene rings is 1. The van der Waals surface area contributed by atoms with Gasteiger partial charge in [-0.3, -0.25) is 4.68 Å². The third kappa shape index (κ3) is 4.64. The summed E-state index contributed by atoms with van der Waals surface area (Å²) in [4.78, 5) is 8.44.